The molecule has 0 unspecified atom stereocenters. The summed E-state index contributed by atoms with van der Waals surface area (Å²) >= 11 is 0. The fourth-order valence-electron chi connectivity index (χ4n) is 8.21. The van der Waals surface area contributed by atoms with Crippen LogP contribution >= 0.6 is 0 Å². The molecule has 0 bridgehead atoms. The molecule has 0 fully saturated rings. The number of hydrogen-bond donors (Lipinski definition) is 0. The highest BCUT2D eigenvalue weighted by Gasteiger charge is 2.45. The van der Waals surface area contributed by atoms with Gasteiger partial charge in [-0.1, -0.05) is 176 Å². The smallest absolute Gasteiger partial charge is 0.164 e. The summed E-state index contributed by atoms with van der Waals surface area (Å²) in [4.78, 5) is 15.1. The third-order valence-corrected chi connectivity index (χ3v) is 10.9. The molecule has 0 radical (unpaired) electrons. The van der Waals surface area contributed by atoms with Gasteiger partial charge >= 0.3 is 0 Å². The molecule has 1 aliphatic heterocycles. The van der Waals surface area contributed by atoms with E-state index < -0.39 is 5.41 Å². The predicted molar refractivity (Wildman–Crippen MR) is 230 cm³/mol. The third-order valence-electron chi connectivity index (χ3n) is 10.9. The van der Waals surface area contributed by atoms with Crippen molar-refractivity contribution in [2.24, 2.45) is 0 Å². The fourth-order valence-corrected chi connectivity index (χ4v) is 8.21. The van der Waals surface area contributed by atoms with E-state index in [0.29, 0.717) is 23.0 Å². The highest BCUT2D eigenvalue weighted by molar-refractivity contribution is 5.78. The van der Waals surface area contributed by atoms with E-state index in [9.17, 15) is 5.26 Å². The standard InChI is InChI=1S/C53H34N4O/c54-35-42-17-10-11-24-45(42)36-27-29-38(30-28-36)51-55-50(37-15-4-1-5-16-37)56-52(57-51)41-19-14-18-39(33-41)40-31-32-49-47(34-40)53(43-20-6-2-7-21-43,44-22-8-3-9-23-44)46-25-12-13-26-48(46)58-49/h1-34H. The first-order chi connectivity index (χ1) is 28.7. The van der Waals surface area contributed by atoms with Crippen molar-refractivity contribution >= 4 is 0 Å². The van der Waals surface area contributed by atoms with E-state index in [0.717, 1.165) is 72.7 Å². The van der Waals surface area contributed by atoms with Crippen LogP contribution in [0.1, 0.15) is 27.8 Å². The summed E-state index contributed by atoms with van der Waals surface area (Å²) in [5.74, 6) is 3.39. The van der Waals surface area contributed by atoms with Crippen LogP contribution in [0, 0.1) is 11.3 Å². The Balaban J connectivity index is 1.10. The Bertz CT molecular complexity index is 2940. The van der Waals surface area contributed by atoms with Crippen LogP contribution in [0.5, 0.6) is 11.5 Å². The summed E-state index contributed by atoms with van der Waals surface area (Å²) in [5.41, 5.74) is 11.0. The zero-order valence-corrected chi connectivity index (χ0v) is 31.3. The van der Waals surface area contributed by atoms with Crippen molar-refractivity contribution in [3.05, 3.63) is 234 Å². The second kappa shape index (κ2) is 14.6. The molecule has 5 heteroatoms. The number of nitriles is 1. The van der Waals surface area contributed by atoms with Gasteiger partial charge in [0.15, 0.2) is 17.5 Å². The minimum absolute atomic E-state index is 0.564. The van der Waals surface area contributed by atoms with Crippen LogP contribution < -0.4 is 4.74 Å². The van der Waals surface area contributed by atoms with Gasteiger partial charge in [-0.15, -0.1) is 0 Å². The summed E-state index contributed by atoms with van der Waals surface area (Å²) < 4.78 is 6.67. The van der Waals surface area contributed by atoms with Crippen molar-refractivity contribution in [3.8, 4) is 74.0 Å². The molecule has 5 nitrogen and oxygen atoms in total. The van der Waals surface area contributed by atoms with E-state index >= 15 is 0 Å². The Morgan fingerprint density at radius 3 is 1.55 bits per heavy atom. The van der Waals surface area contributed by atoms with Crippen LogP contribution in [0.2, 0.25) is 0 Å². The maximum atomic E-state index is 9.71. The number of fused-ring (bicyclic) bond motifs is 2. The molecular formula is C53H34N4O. The molecule has 0 saturated carbocycles. The van der Waals surface area contributed by atoms with Gasteiger partial charge in [0.1, 0.15) is 11.5 Å². The van der Waals surface area contributed by atoms with Crippen LogP contribution in [0.15, 0.2) is 206 Å². The highest BCUT2D eigenvalue weighted by Crippen LogP contribution is 2.55. The monoisotopic (exact) mass is 742 g/mol. The lowest BCUT2D eigenvalue weighted by Gasteiger charge is -2.41. The van der Waals surface area contributed by atoms with Crippen molar-refractivity contribution in [2.75, 3.05) is 0 Å². The van der Waals surface area contributed by atoms with E-state index in [-0.39, 0.29) is 0 Å². The Kier molecular flexibility index (Phi) is 8.70. The van der Waals surface area contributed by atoms with Crippen LogP contribution in [0.25, 0.3) is 56.4 Å². The number of rotatable bonds is 7. The van der Waals surface area contributed by atoms with Gasteiger partial charge in [0.2, 0.25) is 0 Å². The van der Waals surface area contributed by atoms with Crippen LogP contribution in [0.4, 0.5) is 0 Å². The van der Waals surface area contributed by atoms with Crippen LogP contribution in [-0.4, -0.2) is 15.0 Å². The van der Waals surface area contributed by atoms with Crippen molar-refractivity contribution in [1.29, 1.82) is 5.26 Å². The SMILES string of the molecule is N#Cc1ccccc1-c1ccc(-c2nc(-c3ccccc3)nc(-c3cccc(-c4ccc5c(c4)C(c4ccccc4)(c4ccccc4)c4ccccc4O5)c3)n2)cc1. The molecule has 0 atom stereocenters. The fraction of sp³-hybridized carbons (Fsp3) is 0.0189. The van der Waals surface area contributed by atoms with Gasteiger partial charge in [0.05, 0.1) is 17.0 Å². The average molecular weight is 743 g/mol. The summed E-state index contributed by atoms with van der Waals surface area (Å²) in [7, 11) is 0. The van der Waals surface area contributed by atoms with Gasteiger partial charge < -0.3 is 4.74 Å². The zero-order chi connectivity index (χ0) is 38.9. The van der Waals surface area contributed by atoms with E-state index in [2.05, 4.69) is 127 Å². The quantitative estimate of drug-likeness (QED) is 0.163. The first kappa shape index (κ1) is 34.5. The molecule has 272 valence electrons. The molecule has 58 heavy (non-hydrogen) atoms. The van der Waals surface area contributed by atoms with Crippen molar-refractivity contribution in [2.45, 2.75) is 5.41 Å². The minimum Gasteiger partial charge on any atom is -0.457 e. The van der Waals surface area contributed by atoms with E-state index in [1.54, 1.807) is 0 Å². The Morgan fingerprint density at radius 1 is 0.379 bits per heavy atom. The summed E-state index contributed by atoms with van der Waals surface area (Å²) in [6, 6.07) is 72.7. The van der Waals surface area contributed by atoms with Gasteiger partial charge in [-0.05, 0) is 63.7 Å². The normalized spacial score (nSPS) is 12.4. The summed E-state index contributed by atoms with van der Waals surface area (Å²) in [5, 5.41) is 9.71. The molecule has 8 aromatic carbocycles. The third kappa shape index (κ3) is 6.01. The van der Waals surface area contributed by atoms with Gasteiger partial charge in [-0.25, -0.2) is 15.0 Å². The lowest BCUT2D eigenvalue weighted by molar-refractivity contribution is 0.434. The maximum Gasteiger partial charge on any atom is 0.164 e. The molecule has 0 aliphatic carbocycles. The van der Waals surface area contributed by atoms with E-state index in [1.165, 1.54) is 0 Å². The van der Waals surface area contributed by atoms with Crippen molar-refractivity contribution in [3.63, 3.8) is 0 Å². The molecule has 0 saturated heterocycles. The number of para-hydroxylation sites is 1. The van der Waals surface area contributed by atoms with Crippen LogP contribution in [0.3, 0.4) is 0 Å². The molecule has 2 heterocycles. The predicted octanol–water partition coefficient (Wildman–Crippen LogP) is 12.6. The molecule has 9 aromatic rings. The Labute approximate surface area is 337 Å². The van der Waals surface area contributed by atoms with Gasteiger partial charge in [-0.2, -0.15) is 5.26 Å². The Hall–Kier alpha value is -7.94. The number of aromatic nitrogens is 3. The molecule has 10 rings (SSSR count). The van der Waals surface area contributed by atoms with Crippen molar-refractivity contribution < 1.29 is 4.74 Å². The zero-order valence-electron chi connectivity index (χ0n) is 31.3. The first-order valence-corrected chi connectivity index (χ1v) is 19.2. The minimum atomic E-state index is -0.625. The van der Waals surface area contributed by atoms with Crippen LogP contribution in [-0.2, 0) is 5.41 Å². The number of benzene rings is 8. The van der Waals surface area contributed by atoms with Gasteiger partial charge in [-0.3, -0.25) is 0 Å². The molecular weight excluding hydrogens is 709 g/mol. The van der Waals surface area contributed by atoms with E-state index in [4.69, 9.17) is 19.7 Å². The number of hydrogen-bond acceptors (Lipinski definition) is 5. The molecule has 0 spiro atoms. The Morgan fingerprint density at radius 2 is 0.862 bits per heavy atom. The topological polar surface area (TPSA) is 71.7 Å². The van der Waals surface area contributed by atoms with Gasteiger partial charge in [0, 0.05) is 27.8 Å². The van der Waals surface area contributed by atoms with Crippen molar-refractivity contribution in [1.82, 2.24) is 15.0 Å². The molecule has 0 amide bonds. The van der Waals surface area contributed by atoms with E-state index in [1.807, 2.05) is 84.9 Å². The first-order valence-electron chi connectivity index (χ1n) is 19.2. The highest BCUT2D eigenvalue weighted by atomic mass is 16.5. The van der Waals surface area contributed by atoms with Gasteiger partial charge in [0.25, 0.3) is 0 Å². The maximum absolute atomic E-state index is 9.71. The lowest BCUT2D eigenvalue weighted by Crippen LogP contribution is -2.34. The average Bonchev–Trinajstić information content (AvgIpc) is 3.31. The summed E-state index contributed by atoms with van der Waals surface area (Å²) in [6.45, 7) is 0. The second-order valence-electron chi connectivity index (χ2n) is 14.3. The number of ether oxygens (including phenoxy) is 1. The molecule has 1 aromatic heterocycles. The second-order valence-corrected chi connectivity index (χ2v) is 14.3. The molecule has 1 aliphatic rings. The largest absolute Gasteiger partial charge is 0.457 e. The summed E-state index contributed by atoms with van der Waals surface area (Å²) in [6.07, 6.45) is 0. The lowest BCUT2D eigenvalue weighted by atomic mass is 9.63. The number of nitrogens with zero attached hydrogens (tertiary/aromatic N) is 4. The molecule has 0 N–H and O–H groups in total.